The van der Waals surface area contributed by atoms with E-state index in [0.29, 0.717) is 6.54 Å². The Labute approximate surface area is 126 Å². The van der Waals surface area contributed by atoms with Gasteiger partial charge in [-0.3, -0.25) is 0 Å². The molecule has 3 N–H and O–H groups in total. The van der Waals surface area contributed by atoms with E-state index in [2.05, 4.69) is 59.7 Å². The molecule has 0 amide bonds. The Morgan fingerprint density at radius 3 is 2.76 bits per heavy atom. The summed E-state index contributed by atoms with van der Waals surface area (Å²) in [6.07, 6.45) is 1.13. The van der Waals surface area contributed by atoms with Gasteiger partial charge in [-0.1, -0.05) is 42.5 Å². The number of benzene rings is 2. The number of fused-ring (bicyclic) bond motifs is 1. The van der Waals surface area contributed by atoms with E-state index < -0.39 is 0 Å². The second-order valence-electron chi connectivity index (χ2n) is 5.71. The summed E-state index contributed by atoms with van der Waals surface area (Å²) in [6.45, 7) is 2.57. The van der Waals surface area contributed by atoms with Gasteiger partial charge in [0.25, 0.3) is 0 Å². The first-order valence-electron chi connectivity index (χ1n) is 7.59. The van der Waals surface area contributed by atoms with Gasteiger partial charge in [0.2, 0.25) is 0 Å². The van der Waals surface area contributed by atoms with Crippen LogP contribution >= 0.6 is 0 Å². The van der Waals surface area contributed by atoms with Gasteiger partial charge in [0.15, 0.2) is 0 Å². The highest BCUT2D eigenvalue weighted by Gasteiger charge is 2.18. The van der Waals surface area contributed by atoms with Crippen LogP contribution in [0.5, 0.6) is 0 Å². The Balaban J connectivity index is 1.72. The zero-order chi connectivity index (χ0) is 14.7. The van der Waals surface area contributed by atoms with Crippen molar-refractivity contribution >= 4 is 5.69 Å². The standard InChI is InChI=1S/C18H23N3/c1-21-10-9-16-11-15(7-8-18(16)21)17(12-19)20-13-14-5-3-2-4-6-14/h2-8,11,17,20H,9-10,12-13,19H2,1H3. The van der Waals surface area contributed by atoms with Crippen molar-refractivity contribution in [1.29, 1.82) is 0 Å². The molecule has 1 atom stereocenters. The lowest BCUT2D eigenvalue weighted by molar-refractivity contribution is 0.541. The number of hydrogen-bond acceptors (Lipinski definition) is 3. The monoisotopic (exact) mass is 281 g/mol. The molecule has 0 radical (unpaired) electrons. The van der Waals surface area contributed by atoms with E-state index in [9.17, 15) is 0 Å². The van der Waals surface area contributed by atoms with Gasteiger partial charge in [-0.2, -0.15) is 0 Å². The average Bonchev–Trinajstić information content (AvgIpc) is 2.90. The Morgan fingerprint density at radius 2 is 2.00 bits per heavy atom. The second kappa shape index (κ2) is 6.29. The first-order valence-corrected chi connectivity index (χ1v) is 7.59. The maximum atomic E-state index is 5.97. The molecule has 0 fully saturated rings. The lowest BCUT2D eigenvalue weighted by atomic mass is 10.0. The molecular formula is C18H23N3. The molecule has 1 unspecified atom stereocenters. The molecule has 0 saturated heterocycles. The molecule has 0 spiro atoms. The molecule has 110 valence electrons. The second-order valence-corrected chi connectivity index (χ2v) is 5.71. The molecule has 0 aliphatic carbocycles. The summed E-state index contributed by atoms with van der Waals surface area (Å²) in [7, 11) is 2.15. The molecule has 0 aromatic heterocycles. The Kier molecular flexibility index (Phi) is 4.23. The van der Waals surface area contributed by atoms with Crippen LogP contribution < -0.4 is 16.0 Å². The summed E-state index contributed by atoms with van der Waals surface area (Å²) in [5, 5.41) is 3.57. The van der Waals surface area contributed by atoms with E-state index in [1.165, 1.54) is 22.4 Å². The number of hydrogen-bond donors (Lipinski definition) is 2. The fraction of sp³-hybridized carbons (Fsp3) is 0.333. The number of nitrogens with zero attached hydrogens (tertiary/aromatic N) is 1. The number of rotatable bonds is 5. The third-order valence-electron chi connectivity index (χ3n) is 4.26. The molecule has 3 rings (SSSR count). The van der Waals surface area contributed by atoms with E-state index in [4.69, 9.17) is 5.73 Å². The van der Waals surface area contributed by atoms with Crippen LogP contribution in [-0.2, 0) is 13.0 Å². The van der Waals surface area contributed by atoms with E-state index in [1.54, 1.807) is 0 Å². The Bertz CT molecular complexity index is 595. The maximum Gasteiger partial charge on any atom is 0.0447 e. The SMILES string of the molecule is CN1CCc2cc(C(CN)NCc3ccccc3)ccc21. The van der Waals surface area contributed by atoms with E-state index in [0.717, 1.165) is 19.5 Å². The van der Waals surface area contributed by atoms with Crippen molar-refractivity contribution < 1.29 is 0 Å². The van der Waals surface area contributed by atoms with E-state index >= 15 is 0 Å². The predicted octanol–water partition coefficient (Wildman–Crippen LogP) is 2.47. The van der Waals surface area contributed by atoms with Crippen LogP contribution in [0, 0.1) is 0 Å². The van der Waals surface area contributed by atoms with Crippen molar-refractivity contribution in [1.82, 2.24) is 5.32 Å². The zero-order valence-electron chi connectivity index (χ0n) is 12.5. The first-order chi connectivity index (χ1) is 10.3. The predicted molar refractivity (Wildman–Crippen MR) is 88.5 cm³/mol. The van der Waals surface area contributed by atoms with Gasteiger partial charge in [-0.15, -0.1) is 0 Å². The highest BCUT2D eigenvalue weighted by molar-refractivity contribution is 5.58. The van der Waals surface area contributed by atoms with Crippen LogP contribution in [0.3, 0.4) is 0 Å². The average molecular weight is 281 g/mol. The van der Waals surface area contributed by atoms with Gasteiger partial charge in [-0.25, -0.2) is 0 Å². The van der Waals surface area contributed by atoms with Crippen LogP contribution in [0.25, 0.3) is 0 Å². The topological polar surface area (TPSA) is 41.3 Å². The third-order valence-corrected chi connectivity index (χ3v) is 4.26. The zero-order valence-corrected chi connectivity index (χ0v) is 12.5. The summed E-state index contributed by atoms with van der Waals surface area (Å²) in [4.78, 5) is 2.31. The normalized spacial score (nSPS) is 15.0. The van der Waals surface area contributed by atoms with E-state index in [1.807, 2.05) is 6.07 Å². The quantitative estimate of drug-likeness (QED) is 0.884. The highest BCUT2D eigenvalue weighted by Crippen LogP contribution is 2.29. The molecule has 21 heavy (non-hydrogen) atoms. The van der Waals surface area contributed by atoms with Crippen molar-refractivity contribution in [3.63, 3.8) is 0 Å². The molecule has 3 nitrogen and oxygen atoms in total. The summed E-state index contributed by atoms with van der Waals surface area (Å²) in [6, 6.07) is 17.4. The van der Waals surface area contributed by atoms with Crippen LogP contribution in [0.15, 0.2) is 48.5 Å². The molecule has 2 aromatic rings. The van der Waals surface area contributed by atoms with Gasteiger partial charge >= 0.3 is 0 Å². The largest absolute Gasteiger partial charge is 0.374 e. The number of nitrogens with two attached hydrogens (primary N) is 1. The molecule has 0 saturated carbocycles. The Morgan fingerprint density at radius 1 is 1.19 bits per heavy atom. The summed E-state index contributed by atoms with van der Waals surface area (Å²) < 4.78 is 0. The van der Waals surface area contributed by atoms with Gasteiger partial charge in [0.1, 0.15) is 0 Å². The number of nitrogens with one attached hydrogen (secondary N) is 1. The minimum atomic E-state index is 0.210. The first kappa shape index (κ1) is 14.1. The van der Waals surface area contributed by atoms with Crippen LogP contribution in [-0.4, -0.2) is 20.1 Å². The lowest BCUT2D eigenvalue weighted by Gasteiger charge is -2.19. The fourth-order valence-electron chi connectivity index (χ4n) is 2.98. The molecular weight excluding hydrogens is 258 g/mol. The molecule has 1 heterocycles. The minimum Gasteiger partial charge on any atom is -0.374 e. The fourth-order valence-corrected chi connectivity index (χ4v) is 2.98. The van der Waals surface area contributed by atoms with Crippen LogP contribution in [0.4, 0.5) is 5.69 Å². The van der Waals surface area contributed by atoms with Crippen molar-refractivity contribution in [2.45, 2.75) is 19.0 Å². The minimum absolute atomic E-state index is 0.210. The van der Waals surface area contributed by atoms with Crippen molar-refractivity contribution in [2.75, 3.05) is 25.0 Å². The van der Waals surface area contributed by atoms with Gasteiger partial charge in [0, 0.05) is 38.4 Å². The van der Waals surface area contributed by atoms with Gasteiger partial charge < -0.3 is 16.0 Å². The molecule has 1 aliphatic rings. The van der Waals surface area contributed by atoms with Crippen molar-refractivity contribution in [3.8, 4) is 0 Å². The lowest BCUT2D eigenvalue weighted by Crippen LogP contribution is -2.27. The van der Waals surface area contributed by atoms with Gasteiger partial charge in [-0.05, 0) is 29.2 Å². The number of likely N-dealkylation sites (N-methyl/N-ethyl adjacent to an activating group) is 1. The number of anilines is 1. The molecule has 1 aliphatic heterocycles. The Hall–Kier alpha value is -1.84. The van der Waals surface area contributed by atoms with Crippen LogP contribution in [0.1, 0.15) is 22.7 Å². The van der Waals surface area contributed by atoms with E-state index in [-0.39, 0.29) is 6.04 Å². The van der Waals surface area contributed by atoms with Crippen molar-refractivity contribution in [3.05, 3.63) is 65.2 Å². The molecule has 3 heteroatoms. The summed E-state index contributed by atoms with van der Waals surface area (Å²) >= 11 is 0. The summed E-state index contributed by atoms with van der Waals surface area (Å²) in [5.74, 6) is 0. The smallest absolute Gasteiger partial charge is 0.0447 e. The molecule has 0 bridgehead atoms. The molecule has 2 aromatic carbocycles. The highest BCUT2D eigenvalue weighted by atomic mass is 15.1. The van der Waals surface area contributed by atoms with Gasteiger partial charge in [0.05, 0.1) is 0 Å². The summed E-state index contributed by atoms with van der Waals surface area (Å²) in [5.41, 5.74) is 11.3. The van der Waals surface area contributed by atoms with Crippen LogP contribution in [0.2, 0.25) is 0 Å². The third kappa shape index (κ3) is 3.09. The maximum absolute atomic E-state index is 5.97. The van der Waals surface area contributed by atoms with Crippen molar-refractivity contribution in [2.24, 2.45) is 5.73 Å².